The summed E-state index contributed by atoms with van der Waals surface area (Å²) in [6.07, 6.45) is 0.999. The highest BCUT2D eigenvalue weighted by molar-refractivity contribution is 7.91. The van der Waals surface area contributed by atoms with Crippen molar-refractivity contribution in [3.63, 3.8) is 0 Å². The number of nitrogens with zero attached hydrogens (tertiary/aromatic N) is 1. The first kappa shape index (κ1) is 13.3. The fourth-order valence-corrected chi connectivity index (χ4v) is 3.16. The van der Waals surface area contributed by atoms with Crippen molar-refractivity contribution in [2.75, 3.05) is 4.31 Å². The average molecular weight is 304 g/mol. The van der Waals surface area contributed by atoms with Crippen LogP contribution in [0.1, 0.15) is 0 Å². The van der Waals surface area contributed by atoms with Crippen LogP contribution >= 0.6 is 0 Å². The van der Waals surface area contributed by atoms with Crippen molar-refractivity contribution < 1.29 is 18.6 Å². The highest BCUT2D eigenvalue weighted by Gasteiger charge is 2.30. The molecule has 0 atom stereocenters. The minimum atomic E-state index is -3.93. The molecule has 3 rings (SSSR count). The van der Waals surface area contributed by atoms with E-state index in [1.54, 1.807) is 12.1 Å². The Kier molecular flexibility index (Phi) is 2.99. The number of aliphatic hydroxyl groups excluding tert-OH is 1. The van der Waals surface area contributed by atoms with E-state index in [1.165, 1.54) is 6.07 Å². The number of aromatic hydroxyl groups is 1. The molecule has 0 aliphatic carbocycles. The molecular weight excluding hydrogens is 292 g/mol. The fraction of sp³-hybridized carbons (Fsp3) is 0. The number of rotatable bonds is 2. The smallest absolute Gasteiger partial charge is 0.330 e. The van der Waals surface area contributed by atoms with Crippen molar-refractivity contribution >= 4 is 15.9 Å². The lowest BCUT2D eigenvalue weighted by atomic mass is 10.0. The monoisotopic (exact) mass is 304 g/mol. The van der Waals surface area contributed by atoms with E-state index in [2.05, 4.69) is 0 Å². The normalized spacial score (nSPS) is 16.4. The molecule has 1 aliphatic heterocycles. The van der Waals surface area contributed by atoms with Crippen molar-refractivity contribution in [1.29, 1.82) is 0 Å². The van der Waals surface area contributed by atoms with Gasteiger partial charge in [0.25, 0.3) is 0 Å². The summed E-state index contributed by atoms with van der Waals surface area (Å²) in [6.45, 7) is 0. The molecule has 2 aromatic rings. The van der Waals surface area contributed by atoms with Gasteiger partial charge in [-0.2, -0.15) is 8.42 Å². The third-order valence-corrected chi connectivity index (χ3v) is 4.34. The second-order valence-corrected chi connectivity index (χ2v) is 6.03. The van der Waals surface area contributed by atoms with Gasteiger partial charge in [0, 0.05) is 0 Å². The first-order valence-corrected chi connectivity index (χ1v) is 7.53. The van der Waals surface area contributed by atoms with Crippen molar-refractivity contribution in [1.82, 2.24) is 4.72 Å². The molecule has 0 amide bonds. The summed E-state index contributed by atoms with van der Waals surface area (Å²) in [6, 6.07) is 14.0. The van der Waals surface area contributed by atoms with Crippen molar-refractivity contribution in [2.24, 2.45) is 0 Å². The average Bonchev–Trinajstić information content (AvgIpc) is 2.73. The zero-order valence-electron chi connectivity index (χ0n) is 10.8. The molecule has 0 saturated carbocycles. The SMILES string of the molecule is O=S1(=O)NC(O)=CN1c1cc(-c2ccccc2)ccc1O. The molecule has 108 valence electrons. The Bertz CT molecular complexity index is 816. The minimum Gasteiger partial charge on any atom is -0.506 e. The molecule has 7 heteroatoms. The summed E-state index contributed by atoms with van der Waals surface area (Å²) in [5.74, 6) is -0.703. The lowest BCUT2D eigenvalue weighted by Gasteiger charge is -2.16. The van der Waals surface area contributed by atoms with E-state index in [0.29, 0.717) is 0 Å². The van der Waals surface area contributed by atoms with Gasteiger partial charge < -0.3 is 10.2 Å². The summed E-state index contributed by atoms with van der Waals surface area (Å²) >= 11 is 0. The molecule has 0 spiro atoms. The molecular formula is C14H12N2O4S. The van der Waals surface area contributed by atoms with Gasteiger partial charge in [-0.3, -0.25) is 0 Å². The van der Waals surface area contributed by atoms with Crippen LogP contribution in [0.5, 0.6) is 5.75 Å². The molecule has 21 heavy (non-hydrogen) atoms. The first-order chi connectivity index (χ1) is 9.97. The molecule has 0 bridgehead atoms. The first-order valence-electron chi connectivity index (χ1n) is 6.09. The number of nitrogens with one attached hydrogen (secondary N) is 1. The zero-order chi connectivity index (χ0) is 15.0. The van der Waals surface area contributed by atoms with Crippen molar-refractivity contribution in [2.45, 2.75) is 0 Å². The van der Waals surface area contributed by atoms with Crippen LogP contribution in [0.4, 0.5) is 5.69 Å². The molecule has 1 heterocycles. The van der Waals surface area contributed by atoms with Gasteiger partial charge in [0.1, 0.15) is 11.4 Å². The molecule has 0 unspecified atom stereocenters. The fourth-order valence-electron chi connectivity index (χ4n) is 2.10. The van der Waals surface area contributed by atoms with Crippen LogP contribution in [-0.2, 0) is 10.2 Å². The number of anilines is 1. The number of phenolic OH excluding ortho intramolecular Hbond substituents is 1. The van der Waals surface area contributed by atoms with E-state index in [9.17, 15) is 18.6 Å². The van der Waals surface area contributed by atoms with E-state index >= 15 is 0 Å². The minimum absolute atomic E-state index is 0.0629. The number of aliphatic hydroxyl groups is 1. The number of hydrogen-bond acceptors (Lipinski definition) is 4. The van der Waals surface area contributed by atoms with E-state index in [-0.39, 0.29) is 11.4 Å². The van der Waals surface area contributed by atoms with Gasteiger partial charge in [-0.1, -0.05) is 36.4 Å². The maximum absolute atomic E-state index is 11.9. The number of hydrogen-bond donors (Lipinski definition) is 3. The Labute approximate surface area is 121 Å². The van der Waals surface area contributed by atoms with Crippen LogP contribution in [0.3, 0.4) is 0 Å². The van der Waals surface area contributed by atoms with Gasteiger partial charge in [-0.15, -0.1) is 0 Å². The molecule has 0 saturated heterocycles. The number of benzene rings is 2. The predicted octanol–water partition coefficient (Wildman–Crippen LogP) is 2.07. The number of phenols is 1. The Morgan fingerprint density at radius 3 is 2.29 bits per heavy atom. The largest absolute Gasteiger partial charge is 0.506 e. The summed E-state index contributed by atoms with van der Waals surface area (Å²) in [7, 11) is -3.93. The molecule has 3 N–H and O–H groups in total. The second kappa shape index (κ2) is 4.71. The molecule has 0 aromatic heterocycles. The Hall–Kier alpha value is -2.67. The lowest BCUT2D eigenvalue weighted by Crippen LogP contribution is -2.29. The predicted molar refractivity (Wildman–Crippen MR) is 78.8 cm³/mol. The topological polar surface area (TPSA) is 89.9 Å². The quantitative estimate of drug-likeness (QED) is 0.792. The van der Waals surface area contributed by atoms with Crippen LogP contribution in [-0.4, -0.2) is 18.6 Å². The van der Waals surface area contributed by atoms with Crippen LogP contribution in [0, 0.1) is 0 Å². The van der Waals surface area contributed by atoms with Gasteiger partial charge >= 0.3 is 10.2 Å². The molecule has 1 aliphatic rings. The van der Waals surface area contributed by atoms with E-state index in [0.717, 1.165) is 21.6 Å². The third kappa shape index (κ3) is 2.38. The van der Waals surface area contributed by atoms with Crippen LogP contribution in [0.25, 0.3) is 11.1 Å². The van der Waals surface area contributed by atoms with Gasteiger partial charge in [0.05, 0.1) is 6.20 Å². The van der Waals surface area contributed by atoms with E-state index in [1.807, 2.05) is 35.1 Å². The lowest BCUT2D eigenvalue weighted by molar-refractivity contribution is 0.392. The summed E-state index contributed by atoms with van der Waals surface area (Å²) in [5, 5.41) is 19.2. The third-order valence-electron chi connectivity index (χ3n) is 3.05. The maximum Gasteiger partial charge on any atom is 0.330 e. The molecule has 0 fully saturated rings. The summed E-state index contributed by atoms with van der Waals surface area (Å²) in [4.78, 5) is 0. The zero-order valence-corrected chi connectivity index (χ0v) is 11.6. The second-order valence-electron chi connectivity index (χ2n) is 4.49. The Morgan fingerprint density at radius 1 is 0.952 bits per heavy atom. The Morgan fingerprint density at radius 2 is 1.67 bits per heavy atom. The summed E-state index contributed by atoms with van der Waals surface area (Å²) < 4.78 is 26.5. The molecule has 6 nitrogen and oxygen atoms in total. The van der Waals surface area contributed by atoms with Gasteiger partial charge in [0.2, 0.25) is 5.88 Å². The van der Waals surface area contributed by atoms with Crippen molar-refractivity contribution in [3.05, 3.63) is 60.6 Å². The maximum atomic E-state index is 11.9. The Balaban J connectivity index is 2.12. The van der Waals surface area contributed by atoms with Gasteiger partial charge in [0.15, 0.2) is 0 Å². The van der Waals surface area contributed by atoms with Crippen LogP contribution in [0.15, 0.2) is 60.6 Å². The van der Waals surface area contributed by atoms with E-state index < -0.39 is 16.1 Å². The van der Waals surface area contributed by atoms with E-state index in [4.69, 9.17) is 0 Å². The van der Waals surface area contributed by atoms with Gasteiger partial charge in [-0.05, 0) is 23.3 Å². The van der Waals surface area contributed by atoms with Gasteiger partial charge in [-0.25, -0.2) is 9.03 Å². The highest BCUT2D eigenvalue weighted by atomic mass is 32.2. The highest BCUT2D eigenvalue weighted by Crippen LogP contribution is 2.35. The van der Waals surface area contributed by atoms with Crippen molar-refractivity contribution in [3.8, 4) is 16.9 Å². The molecule has 0 radical (unpaired) electrons. The molecule has 2 aromatic carbocycles. The standard InChI is InChI=1S/C14H12N2O4S/c17-13-7-6-11(10-4-2-1-3-5-10)8-12(13)16-9-14(18)15-21(16,19)20/h1-9,15,17-18H. The van der Waals surface area contributed by atoms with Crippen LogP contribution in [0.2, 0.25) is 0 Å². The summed E-state index contributed by atoms with van der Waals surface area (Å²) in [5.41, 5.74) is 1.70. The van der Waals surface area contributed by atoms with Crippen LogP contribution < -0.4 is 9.03 Å².